The lowest BCUT2D eigenvalue weighted by atomic mass is 10.2. The zero-order valence-electron chi connectivity index (χ0n) is 16.1. The molecule has 8 heteroatoms. The fraction of sp³-hybridized carbons (Fsp3) is 0.143. The first-order valence-corrected chi connectivity index (χ1v) is 9.01. The third kappa shape index (κ3) is 4.16. The van der Waals surface area contributed by atoms with E-state index in [4.69, 9.17) is 9.47 Å². The summed E-state index contributed by atoms with van der Waals surface area (Å²) >= 11 is 0. The van der Waals surface area contributed by atoms with Crippen LogP contribution < -0.4 is 14.8 Å². The molecular weight excluding hydrogens is 368 g/mol. The van der Waals surface area contributed by atoms with E-state index in [1.54, 1.807) is 38.9 Å². The Labute approximate surface area is 168 Å². The van der Waals surface area contributed by atoms with Crippen molar-refractivity contribution in [2.24, 2.45) is 0 Å². The number of aromatic amines is 1. The number of hydrogen-bond acceptors (Lipinski definition) is 7. The van der Waals surface area contributed by atoms with Crippen LogP contribution in [0.2, 0.25) is 0 Å². The molecule has 0 fully saturated rings. The number of methoxy groups -OCH3 is 2. The molecule has 3 aromatic heterocycles. The van der Waals surface area contributed by atoms with Gasteiger partial charge in [0.1, 0.15) is 17.3 Å². The van der Waals surface area contributed by atoms with Crippen LogP contribution in [0.4, 0.5) is 5.82 Å². The summed E-state index contributed by atoms with van der Waals surface area (Å²) in [6, 6.07) is 13.3. The summed E-state index contributed by atoms with van der Waals surface area (Å²) in [6.07, 6.45) is 5.27. The van der Waals surface area contributed by atoms with Crippen LogP contribution in [0.1, 0.15) is 5.56 Å². The van der Waals surface area contributed by atoms with E-state index in [1.165, 1.54) is 0 Å². The van der Waals surface area contributed by atoms with Crippen LogP contribution in [0.25, 0.3) is 22.8 Å². The van der Waals surface area contributed by atoms with Gasteiger partial charge in [-0.1, -0.05) is 0 Å². The quantitative estimate of drug-likeness (QED) is 0.499. The first-order chi connectivity index (χ1) is 14.3. The molecule has 8 nitrogen and oxygen atoms in total. The Balaban J connectivity index is 1.62. The van der Waals surface area contributed by atoms with Crippen LogP contribution in [0, 0.1) is 0 Å². The summed E-state index contributed by atoms with van der Waals surface area (Å²) in [7, 11) is 3.22. The Morgan fingerprint density at radius 3 is 2.45 bits per heavy atom. The molecule has 0 atom stereocenters. The van der Waals surface area contributed by atoms with E-state index >= 15 is 0 Å². The van der Waals surface area contributed by atoms with Gasteiger partial charge in [0.25, 0.3) is 0 Å². The summed E-state index contributed by atoms with van der Waals surface area (Å²) in [4.78, 5) is 13.1. The van der Waals surface area contributed by atoms with Gasteiger partial charge in [0, 0.05) is 36.8 Å². The molecule has 146 valence electrons. The minimum Gasteiger partial charge on any atom is -0.497 e. The van der Waals surface area contributed by atoms with Crippen molar-refractivity contribution in [2.75, 3.05) is 19.5 Å². The Kier molecular flexibility index (Phi) is 5.33. The predicted molar refractivity (Wildman–Crippen MR) is 110 cm³/mol. The Morgan fingerprint density at radius 2 is 1.72 bits per heavy atom. The third-order valence-corrected chi connectivity index (χ3v) is 4.37. The van der Waals surface area contributed by atoms with Crippen molar-refractivity contribution in [3.05, 3.63) is 66.6 Å². The Bertz CT molecular complexity index is 1080. The van der Waals surface area contributed by atoms with E-state index in [2.05, 4.69) is 30.5 Å². The number of nitrogens with zero attached hydrogens (tertiary/aromatic N) is 4. The minimum absolute atomic E-state index is 0.543. The monoisotopic (exact) mass is 388 g/mol. The molecule has 0 amide bonds. The van der Waals surface area contributed by atoms with E-state index in [1.807, 2.05) is 36.4 Å². The number of hydrogen-bond donors (Lipinski definition) is 2. The van der Waals surface area contributed by atoms with Crippen molar-refractivity contribution >= 4 is 5.82 Å². The highest BCUT2D eigenvalue weighted by atomic mass is 16.5. The molecule has 0 saturated heterocycles. The number of aromatic nitrogens is 5. The summed E-state index contributed by atoms with van der Waals surface area (Å²) in [6.45, 7) is 0.626. The molecule has 0 radical (unpaired) electrons. The predicted octanol–water partition coefficient (Wildman–Crippen LogP) is 3.56. The van der Waals surface area contributed by atoms with Crippen molar-refractivity contribution in [1.82, 2.24) is 25.1 Å². The lowest BCUT2D eigenvalue weighted by Crippen LogP contribution is -2.03. The van der Waals surface area contributed by atoms with Gasteiger partial charge in [-0.15, -0.1) is 0 Å². The first kappa shape index (κ1) is 18.4. The van der Waals surface area contributed by atoms with Gasteiger partial charge >= 0.3 is 0 Å². The minimum atomic E-state index is 0.543. The van der Waals surface area contributed by atoms with Crippen molar-refractivity contribution < 1.29 is 9.47 Å². The van der Waals surface area contributed by atoms with Gasteiger partial charge in [0.05, 0.1) is 19.8 Å². The maximum atomic E-state index is 5.33. The largest absolute Gasteiger partial charge is 0.497 e. The summed E-state index contributed by atoms with van der Waals surface area (Å²) < 4.78 is 10.7. The molecular formula is C21H20N6O2. The maximum Gasteiger partial charge on any atom is 0.181 e. The average Bonchev–Trinajstić information content (AvgIpc) is 3.28. The Hall–Kier alpha value is -3.94. The van der Waals surface area contributed by atoms with Crippen LogP contribution in [0.3, 0.4) is 0 Å². The Morgan fingerprint density at radius 1 is 0.966 bits per heavy atom. The van der Waals surface area contributed by atoms with E-state index < -0.39 is 0 Å². The van der Waals surface area contributed by atoms with Crippen molar-refractivity contribution in [3.8, 4) is 34.3 Å². The van der Waals surface area contributed by atoms with Crippen LogP contribution >= 0.6 is 0 Å². The first-order valence-electron chi connectivity index (χ1n) is 9.01. The van der Waals surface area contributed by atoms with Crippen LogP contribution in [0.5, 0.6) is 11.5 Å². The molecule has 29 heavy (non-hydrogen) atoms. The van der Waals surface area contributed by atoms with Gasteiger partial charge in [0.15, 0.2) is 11.6 Å². The second kappa shape index (κ2) is 8.39. The zero-order chi connectivity index (χ0) is 20.1. The molecule has 0 spiro atoms. The molecule has 2 N–H and O–H groups in total. The standard InChI is InChI=1S/C21H20N6O2/c1-28-16-10-15(11-17(12-16)29-2)19-25-21(27-26-19)18-4-3-7-23-20(18)24-13-14-5-8-22-9-6-14/h3-12H,13H2,1-2H3,(H,23,24)(H,25,26,27). The molecule has 0 aliphatic carbocycles. The smallest absolute Gasteiger partial charge is 0.181 e. The number of benzene rings is 1. The second-order valence-corrected chi connectivity index (χ2v) is 6.22. The lowest BCUT2D eigenvalue weighted by Gasteiger charge is -2.09. The van der Waals surface area contributed by atoms with Gasteiger partial charge in [-0.05, 0) is 42.0 Å². The molecule has 0 aliphatic heterocycles. The average molecular weight is 388 g/mol. The van der Waals surface area contributed by atoms with E-state index in [0.29, 0.717) is 29.7 Å². The van der Waals surface area contributed by atoms with E-state index in [9.17, 15) is 0 Å². The molecule has 4 rings (SSSR count). The van der Waals surface area contributed by atoms with Gasteiger partial charge in [0.2, 0.25) is 0 Å². The molecule has 4 aromatic rings. The number of H-pyrrole nitrogens is 1. The molecule has 0 unspecified atom stereocenters. The van der Waals surface area contributed by atoms with Gasteiger partial charge < -0.3 is 14.8 Å². The number of ether oxygens (including phenoxy) is 2. The number of anilines is 1. The van der Waals surface area contributed by atoms with Crippen molar-refractivity contribution in [1.29, 1.82) is 0 Å². The molecule has 0 aliphatic rings. The number of nitrogens with one attached hydrogen (secondary N) is 2. The normalized spacial score (nSPS) is 10.6. The topological polar surface area (TPSA) is 97.8 Å². The third-order valence-electron chi connectivity index (χ3n) is 4.37. The molecule has 0 saturated carbocycles. The molecule has 0 bridgehead atoms. The van der Waals surface area contributed by atoms with Crippen LogP contribution in [-0.4, -0.2) is 39.4 Å². The van der Waals surface area contributed by atoms with E-state index in [0.717, 1.165) is 22.5 Å². The van der Waals surface area contributed by atoms with Gasteiger partial charge in [-0.2, -0.15) is 5.10 Å². The fourth-order valence-corrected chi connectivity index (χ4v) is 2.87. The highest BCUT2D eigenvalue weighted by Crippen LogP contribution is 2.30. The summed E-state index contributed by atoms with van der Waals surface area (Å²) in [5.41, 5.74) is 2.73. The molecule has 3 heterocycles. The second-order valence-electron chi connectivity index (χ2n) is 6.22. The van der Waals surface area contributed by atoms with E-state index in [-0.39, 0.29) is 0 Å². The van der Waals surface area contributed by atoms with Crippen molar-refractivity contribution in [3.63, 3.8) is 0 Å². The summed E-state index contributed by atoms with van der Waals surface area (Å²) in [5.74, 6) is 3.22. The highest BCUT2D eigenvalue weighted by molar-refractivity contribution is 5.71. The summed E-state index contributed by atoms with van der Waals surface area (Å²) in [5, 5.41) is 10.7. The number of pyridine rings is 2. The van der Waals surface area contributed by atoms with Crippen molar-refractivity contribution in [2.45, 2.75) is 6.54 Å². The SMILES string of the molecule is COc1cc(OC)cc(-c2n[nH]c(-c3cccnc3NCc3ccncc3)n2)c1. The van der Waals surface area contributed by atoms with Crippen LogP contribution in [-0.2, 0) is 6.54 Å². The highest BCUT2D eigenvalue weighted by Gasteiger charge is 2.14. The fourth-order valence-electron chi connectivity index (χ4n) is 2.87. The number of rotatable bonds is 7. The maximum absolute atomic E-state index is 5.33. The molecule has 1 aromatic carbocycles. The van der Waals surface area contributed by atoms with Gasteiger partial charge in [-0.25, -0.2) is 9.97 Å². The zero-order valence-corrected chi connectivity index (χ0v) is 16.1. The lowest BCUT2D eigenvalue weighted by molar-refractivity contribution is 0.394. The van der Waals surface area contributed by atoms with Crippen LogP contribution in [0.15, 0.2) is 61.1 Å². The van der Waals surface area contributed by atoms with Gasteiger partial charge in [-0.3, -0.25) is 10.1 Å².